The Morgan fingerprint density at radius 1 is 1.53 bits per heavy atom. The lowest BCUT2D eigenvalue weighted by Gasteiger charge is -2.39. The van der Waals surface area contributed by atoms with Crippen LogP contribution in [0.15, 0.2) is 18.3 Å². The van der Waals surface area contributed by atoms with Crippen molar-refractivity contribution in [3.05, 3.63) is 24.0 Å². The molecule has 1 N–H and O–H groups in total. The van der Waals surface area contributed by atoms with Crippen LogP contribution < -0.4 is 10.2 Å². The molecule has 1 aliphatic heterocycles. The quantitative estimate of drug-likeness (QED) is 0.867. The Kier molecular flexibility index (Phi) is 4.00. The fourth-order valence-corrected chi connectivity index (χ4v) is 2.74. The van der Waals surface area contributed by atoms with Crippen molar-refractivity contribution in [2.24, 2.45) is 5.92 Å². The Morgan fingerprint density at radius 3 is 3.00 bits per heavy atom. The lowest BCUT2D eigenvalue weighted by molar-refractivity contribution is 0.326. The van der Waals surface area contributed by atoms with Crippen molar-refractivity contribution in [1.29, 1.82) is 0 Å². The largest absolute Gasteiger partial charge is 0.370 e. The average molecular weight is 233 g/mol. The van der Waals surface area contributed by atoms with Crippen LogP contribution in [0.5, 0.6) is 0 Å². The number of nitrogens with one attached hydrogen (secondary N) is 1. The summed E-state index contributed by atoms with van der Waals surface area (Å²) in [5.74, 6) is 0.698. The number of nitrogens with zero attached hydrogens (tertiary/aromatic N) is 2. The molecule has 0 amide bonds. The summed E-state index contributed by atoms with van der Waals surface area (Å²) in [6.07, 6.45) is 3.09. The molecule has 17 heavy (non-hydrogen) atoms. The number of rotatable bonds is 3. The lowest BCUT2D eigenvalue weighted by Crippen LogP contribution is -2.48. The molecule has 94 valence electrons. The van der Waals surface area contributed by atoms with Gasteiger partial charge < -0.3 is 10.2 Å². The number of aryl methyl sites for hydroxylation is 1. The van der Waals surface area contributed by atoms with Gasteiger partial charge in [0, 0.05) is 25.3 Å². The predicted molar refractivity (Wildman–Crippen MR) is 72.4 cm³/mol. The first-order valence-corrected chi connectivity index (χ1v) is 6.62. The molecule has 1 aromatic rings. The summed E-state index contributed by atoms with van der Waals surface area (Å²) in [5.41, 5.74) is 2.44. The van der Waals surface area contributed by atoms with Gasteiger partial charge in [-0.25, -0.2) is 0 Å². The van der Waals surface area contributed by atoms with Crippen LogP contribution in [0, 0.1) is 12.8 Å². The first kappa shape index (κ1) is 12.4. The van der Waals surface area contributed by atoms with Crippen molar-refractivity contribution in [3.8, 4) is 0 Å². The van der Waals surface area contributed by atoms with E-state index in [1.54, 1.807) is 0 Å². The van der Waals surface area contributed by atoms with Gasteiger partial charge in [0.2, 0.25) is 0 Å². The maximum Gasteiger partial charge on any atom is 0.0605 e. The summed E-state index contributed by atoms with van der Waals surface area (Å²) in [5, 5.41) is 3.58. The third kappa shape index (κ3) is 2.78. The highest BCUT2D eigenvalue weighted by Crippen LogP contribution is 2.24. The van der Waals surface area contributed by atoms with Crippen molar-refractivity contribution in [1.82, 2.24) is 10.3 Å². The van der Waals surface area contributed by atoms with Gasteiger partial charge in [-0.15, -0.1) is 0 Å². The molecule has 1 fully saturated rings. The summed E-state index contributed by atoms with van der Waals surface area (Å²) in [4.78, 5) is 6.85. The van der Waals surface area contributed by atoms with Gasteiger partial charge in [-0.05, 0) is 37.9 Å². The Morgan fingerprint density at radius 2 is 2.35 bits per heavy atom. The van der Waals surface area contributed by atoms with Crippen LogP contribution in [0.25, 0.3) is 0 Å². The first-order valence-electron chi connectivity index (χ1n) is 6.62. The fourth-order valence-electron chi connectivity index (χ4n) is 2.74. The van der Waals surface area contributed by atoms with E-state index in [2.05, 4.69) is 42.0 Å². The molecule has 3 heteroatoms. The average Bonchev–Trinajstić information content (AvgIpc) is 2.33. The zero-order valence-corrected chi connectivity index (χ0v) is 11.1. The molecule has 0 saturated carbocycles. The maximum atomic E-state index is 4.38. The molecule has 2 rings (SSSR count). The minimum Gasteiger partial charge on any atom is -0.370 e. The molecule has 1 aromatic heterocycles. The molecule has 3 nitrogen and oxygen atoms in total. The van der Waals surface area contributed by atoms with Crippen LogP contribution >= 0.6 is 0 Å². The molecule has 0 aliphatic carbocycles. The van der Waals surface area contributed by atoms with Gasteiger partial charge in [0.25, 0.3) is 0 Å². The molecule has 2 atom stereocenters. The lowest BCUT2D eigenvalue weighted by atomic mass is 9.93. The molecule has 0 bridgehead atoms. The standard InChI is InChI=1S/C14H23N3/c1-4-15-13-7-9-17(10-11(13)2)14-6-5-8-16-12(14)3/h5-6,8,11,13,15H,4,7,9-10H2,1-3H3. The summed E-state index contributed by atoms with van der Waals surface area (Å²) >= 11 is 0. The van der Waals surface area contributed by atoms with Gasteiger partial charge in [-0.1, -0.05) is 13.8 Å². The second kappa shape index (κ2) is 5.50. The maximum absolute atomic E-state index is 4.38. The van der Waals surface area contributed by atoms with Crippen LogP contribution in [0.3, 0.4) is 0 Å². The van der Waals surface area contributed by atoms with E-state index in [0.29, 0.717) is 12.0 Å². The van der Waals surface area contributed by atoms with Gasteiger partial charge in [-0.2, -0.15) is 0 Å². The van der Waals surface area contributed by atoms with Gasteiger partial charge in [0.05, 0.1) is 11.4 Å². The van der Waals surface area contributed by atoms with E-state index in [0.717, 1.165) is 25.3 Å². The Balaban J connectivity index is 2.04. The van der Waals surface area contributed by atoms with Crippen molar-refractivity contribution >= 4 is 5.69 Å². The normalized spacial score (nSPS) is 25.0. The summed E-state index contributed by atoms with van der Waals surface area (Å²) in [6.45, 7) is 9.95. The van der Waals surface area contributed by atoms with Crippen LogP contribution in [-0.4, -0.2) is 30.7 Å². The van der Waals surface area contributed by atoms with E-state index < -0.39 is 0 Å². The second-order valence-corrected chi connectivity index (χ2v) is 4.98. The predicted octanol–water partition coefficient (Wildman–Crippen LogP) is 2.21. The van der Waals surface area contributed by atoms with Crippen molar-refractivity contribution in [2.45, 2.75) is 33.2 Å². The molecule has 0 radical (unpaired) electrons. The SMILES string of the molecule is CCNC1CCN(c2cccnc2C)CC1C. The zero-order chi connectivity index (χ0) is 12.3. The highest BCUT2D eigenvalue weighted by Gasteiger charge is 2.25. The van der Waals surface area contributed by atoms with E-state index in [-0.39, 0.29) is 0 Å². The van der Waals surface area contributed by atoms with E-state index in [1.165, 1.54) is 12.1 Å². The number of anilines is 1. The first-order chi connectivity index (χ1) is 8.22. The fraction of sp³-hybridized carbons (Fsp3) is 0.643. The summed E-state index contributed by atoms with van der Waals surface area (Å²) in [6, 6.07) is 4.89. The molecule has 0 aromatic carbocycles. The zero-order valence-electron chi connectivity index (χ0n) is 11.1. The minimum atomic E-state index is 0.674. The molecule has 2 heterocycles. The third-order valence-corrected chi connectivity index (χ3v) is 3.69. The van der Waals surface area contributed by atoms with Gasteiger partial charge in [0.1, 0.15) is 0 Å². The summed E-state index contributed by atoms with van der Waals surface area (Å²) in [7, 11) is 0. The third-order valence-electron chi connectivity index (χ3n) is 3.69. The summed E-state index contributed by atoms with van der Waals surface area (Å²) < 4.78 is 0. The van der Waals surface area contributed by atoms with Crippen molar-refractivity contribution < 1.29 is 0 Å². The number of hydrogen-bond donors (Lipinski definition) is 1. The molecule has 1 saturated heterocycles. The van der Waals surface area contributed by atoms with E-state index >= 15 is 0 Å². The number of piperidine rings is 1. The topological polar surface area (TPSA) is 28.2 Å². The van der Waals surface area contributed by atoms with E-state index in [9.17, 15) is 0 Å². The van der Waals surface area contributed by atoms with Crippen LogP contribution in [0.4, 0.5) is 5.69 Å². The Bertz CT molecular complexity index is 364. The van der Waals surface area contributed by atoms with E-state index in [1.807, 2.05) is 12.3 Å². The van der Waals surface area contributed by atoms with Crippen LogP contribution in [0.2, 0.25) is 0 Å². The monoisotopic (exact) mass is 233 g/mol. The highest BCUT2D eigenvalue weighted by atomic mass is 15.2. The Labute approximate surface area is 104 Å². The molecule has 0 spiro atoms. The van der Waals surface area contributed by atoms with Crippen LogP contribution in [0.1, 0.15) is 26.0 Å². The smallest absolute Gasteiger partial charge is 0.0605 e. The number of hydrogen-bond acceptors (Lipinski definition) is 3. The van der Waals surface area contributed by atoms with Crippen molar-refractivity contribution in [3.63, 3.8) is 0 Å². The second-order valence-electron chi connectivity index (χ2n) is 4.98. The molecular formula is C14H23N3. The van der Waals surface area contributed by atoms with Crippen LogP contribution in [-0.2, 0) is 0 Å². The van der Waals surface area contributed by atoms with Gasteiger partial charge in [0.15, 0.2) is 0 Å². The molecule has 1 aliphatic rings. The van der Waals surface area contributed by atoms with Gasteiger partial charge in [-0.3, -0.25) is 4.98 Å². The van der Waals surface area contributed by atoms with Gasteiger partial charge >= 0.3 is 0 Å². The highest BCUT2D eigenvalue weighted by molar-refractivity contribution is 5.50. The Hall–Kier alpha value is -1.09. The molecule has 2 unspecified atom stereocenters. The number of aromatic nitrogens is 1. The number of pyridine rings is 1. The minimum absolute atomic E-state index is 0.674. The van der Waals surface area contributed by atoms with E-state index in [4.69, 9.17) is 0 Å². The van der Waals surface area contributed by atoms with Crippen molar-refractivity contribution in [2.75, 3.05) is 24.5 Å². The molecular weight excluding hydrogens is 210 g/mol.